The van der Waals surface area contributed by atoms with Crippen LogP contribution in [0.1, 0.15) is 40.5 Å². The number of nitrogens with zero attached hydrogens (tertiary/aromatic N) is 2. The van der Waals surface area contributed by atoms with Crippen LogP contribution in [0.5, 0.6) is 5.75 Å². The number of fused-ring (bicyclic) bond motifs is 1. The van der Waals surface area contributed by atoms with Gasteiger partial charge in [-0.25, -0.2) is 13.5 Å². The van der Waals surface area contributed by atoms with Crippen LogP contribution in [0.3, 0.4) is 0 Å². The number of rotatable bonds is 4. The van der Waals surface area contributed by atoms with Crippen molar-refractivity contribution in [2.24, 2.45) is 0 Å². The van der Waals surface area contributed by atoms with Crippen molar-refractivity contribution < 1.29 is 18.3 Å². The maximum absolute atomic E-state index is 14.2. The Kier molecular flexibility index (Phi) is 4.81. The number of hydrogen-bond donors (Lipinski definition) is 1. The summed E-state index contributed by atoms with van der Waals surface area (Å²) < 4.78 is 34.2. The number of benzene rings is 2. The molecule has 0 bridgehead atoms. The van der Waals surface area contributed by atoms with Crippen LogP contribution in [0, 0.1) is 11.6 Å². The van der Waals surface area contributed by atoms with E-state index in [2.05, 4.69) is 10.4 Å². The minimum atomic E-state index is -0.675. The standard InChI is InChI=1S/C21H19F2N3O2/c1-28-20-8-3-2-5-14(20)21(27)25-17-6-4-7-18-15(17)12-24-26(18)19-10-9-13(22)11-16(19)23/h2-3,5,8-12,17H,4,6-7H2,1H3,(H,25,27). The number of nitrogens with one attached hydrogen (secondary N) is 1. The minimum Gasteiger partial charge on any atom is -0.496 e. The van der Waals surface area contributed by atoms with Gasteiger partial charge in [0.2, 0.25) is 0 Å². The number of para-hydroxylation sites is 1. The Labute approximate surface area is 160 Å². The van der Waals surface area contributed by atoms with E-state index in [0.717, 1.165) is 30.2 Å². The lowest BCUT2D eigenvalue weighted by atomic mass is 9.92. The molecule has 1 aromatic heterocycles. The van der Waals surface area contributed by atoms with Gasteiger partial charge in [0.1, 0.15) is 17.3 Å². The lowest BCUT2D eigenvalue weighted by Crippen LogP contribution is -2.31. The van der Waals surface area contributed by atoms with Crippen molar-refractivity contribution in [2.75, 3.05) is 7.11 Å². The van der Waals surface area contributed by atoms with Crippen molar-refractivity contribution in [3.05, 3.63) is 77.1 Å². The number of amides is 1. The summed E-state index contributed by atoms with van der Waals surface area (Å²) in [6.45, 7) is 0. The first kappa shape index (κ1) is 18.2. The van der Waals surface area contributed by atoms with Crippen LogP contribution in [0.15, 0.2) is 48.7 Å². The fourth-order valence-corrected chi connectivity index (χ4v) is 3.64. The van der Waals surface area contributed by atoms with Gasteiger partial charge in [0.05, 0.1) is 24.9 Å². The minimum absolute atomic E-state index is 0.194. The molecular weight excluding hydrogens is 364 g/mol. The third-order valence-corrected chi connectivity index (χ3v) is 4.98. The van der Waals surface area contributed by atoms with Crippen molar-refractivity contribution in [3.8, 4) is 11.4 Å². The molecule has 0 saturated carbocycles. The first-order valence-electron chi connectivity index (χ1n) is 9.04. The molecule has 7 heteroatoms. The van der Waals surface area contributed by atoms with Crippen molar-refractivity contribution in [3.63, 3.8) is 0 Å². The van der Waals surface area contributed by atoms with Crippen LogP contribution < -0.4 is 10.1 Å². The van der Waals surface area contributed by atoms with Gasteiger partial charge in [0.25, 0.3) is 5.91 Å². The largest absolute Gasteiger partial charge is 0.496 e. The zero-order valence-corrected chi connectivity index (χ0v) is 15.3. The maximum atomic E-state index is 14.2. The van der Waals surface area contributed by atoms with E-state index in [9.17, 15) is 13.6 Å². The lowest BCUT2D eigenvalue weighted by Gasteiger charge is -2.24. The average Bonchev–Trinajstić information content (AvgIpc) is 3.13. The van der Waals surface area contributed by atoms with E-state index in [4.69, 9.17) is 4.74 Å². The van der Waals surface area contributed by atoms with E-state index >= 15 is 0 Å². The van der Waals surface area contributed by atoms with Gasteiger partial charge < -0.3 is 10.1 Å². The Hall–Kier alpha value is -3.22. The molecule has 0 aliphatic heterocycles. The number of carbonyl (C=O) groups excluding carboxylic acids is 1. The molecule has 1 heterocycles. The monoisotopic (exact) mass is 383 g/mol. The van der Waals surface area contributed by atoms with E-state index < -0.39 is 11.6 Å². The second-order valence-electron chi connectivity index (χ2n) is 6.67. The molecule has 0 saturated heterocycles. The second-order valence-corrected chi connectivity index (χ2v) is 6.67. The molecule has 28 heavy (non-hydrogen) atoms. The molecule has 4 rings (SSSR count). The third-order valence-electron chi connectivity index (χ3n) is 4.98. The molecule has 1 aliphatic carbocycles. The van der Waals surface area contributed by atoms with E-state index in [-0.39, 0.29) is 17.6 Å². The van der Waals surface area contributed by atoms with Crippen LogP contribution in [-0.4, -0.2) is 22.8 Å². The van der Waals surface area contributed by atoms with Gasteiger partial charge in [-0.3, -0.25) is 4.79 Å². The molecule has 1 N–H and O–H groups in total. The predicted molar refractivity (Wildman–Crippen MR) is 99.6 cm³/mol. The fraction of sp³-hybridized carbons (Fsp3) is 0.238. The summed E-state index contributed by atoms with van der Waals surface area (Å²) in [4.78, 5) is 12.8. The second kappa shape index (κ2) is 7.42. The molecule has 3 aromatic rings. The van der Waals surface area contributed by atoms with Crippen molar-refractivity contribution in [2.45, 2.75) is 25.3 Å². The Balaban J connectivity index is 1.63. The molecule has 144 valence electrons. The number of ether oxygens (including phenoxy) is 1. The zero-order chi connectivity index (χ0) is 19.7. The highest BCUT2D eigenvalue weighted by Crippen LogP contribution is 2.32. The van der Waals surface area contributed by atoms with Gasteiger partial charge in [-0.2, -0.15) is 5.10 Å². The SMILES string of the molecule is COc1ccccc1C(=O)NC1CCCc2c1cnn2-c1ccc(F)cc1F. The summed E-state index contributed by atoms with van der Waals surface area (Å²) in [6.07, 6.45) is 3.92. The van der Waals surface area contributed by atoms with Crippen molar-refractivity contribution >= 4 is 5.91 Å². The van der Waals surface area contributed by atoms with Crippen molar-refractivity contribution in [1.82, 2.24) is 15.1 Å². The van der Waals surface area contributed by atoms with Crippen LogP contribution in [0.4, 0.5) is 8.78 Å². The fourth-order valence-electron chi connectivity index (χ4n) is 3.64. The molecule has 5 nitrogen and oxygen atoms in total. The first-order valence-corrected chi connectivity index (χ1v) is 9.04. The summed E-state index contributed by atoms with van der Waals surface area (Å²) in [5, 5.41) is 7.33. The summed E-state index contributed by atoms with van der Waals surface area (Å²) in [5.74, 6) is -1.05. The maximum Gasteiger partial charge on any atom is 0.255 e. The highest BCUT2D eigenvalue weighted by atomic mass is 19.1. The molecule has 1 unspecified atom stereocenters. The average molecular weight is 383 g/mol. The van der Waals surface area contributed by atoms with E-state index in [1.165, 1.54) is 23.9 Å². The summed E-state index contributed by atoms with van der Waals surface area (Å²) in [7, 11) is 1.52. The molecule has 2 aromatic carbocycles. The Morgan fingerprint density at radius 3 is 2.86 bits per heavy atom. The zero-order valence-electron chi connectivity index (χ0n) is 15.3. The van der Waals surface area contributed by atoms with E-state index in [1.54, 1.807) is 30.5 Å². The topological polar surface area (TPSA) is 56.1 Å². The van der Waals surface area contributed by atoms with Gasteiger partial charge in [0.15, 0.2) is 5.82 Å². The number of halogens is 2. The summed E-state index contributed by atoms with van der Waals surface area (Å²) in [5.41, 5.74) is 2.31. The number of aromatic nitrogens is 2. The van der Waals surface area contributed by atoms with E-state index in [0.29, 0.717) is 17.7 Å². The van der Waals surface area contributed by atoms with E-state index in [1.807, 2.05) is 0 Å². The highest BCUT2D eigenvalue weighted by molar-refractivity contribution is 5.97. The number of methoxy groups -OCH3 is 1. The Morgan fingerprint density at radius 1 is 1.25 bits per heavy atom. The molecular formula is C21H19F2N3O2. The predicted octanol–water partition coefficient (Wildman–Crippen LogP) is 3.97. The molecule has 0 radical (unpaired) electrons. The van der Waals surface area contributed by atoms with Crippen LogP contribution in [-0.2, 0) is 6.42 Å². The van der Waals surface area contributed by atoms with Gasteiger partial charge in [-0.15, -0.1) is 0 Å². The number of hydrogen-bond acceptors (Lipinski definition) is 3. The molecule has 1 aliphatic rings. The van der Waals surface area contributed by atoms with Gasteiger partial charge in [-0.1, -0.05) is 12.1 Å². The lowest BCUT2D eigenvalue weighted by molar-refractivity contribution is 0.0929. The Morgan fingerprint density at radius 2 is 2.07 bits per heavy atom. The van der Waals surface area contributed by atoms with Gasteiger partial charge >= 0.3 is 0 Å². The Bertz CT molecular complexity index is 1030. The van der Waals surface area contributed by atoms with Crippen LogP contribution in [0.2, 0.25) is 0 Å². The molecule has 0 fully saturated rings. The quantitative estimate of drug-likeness (QED) is 0.742. The molecule has 1 amide bonds. The van der Waals surface area contributed by atoms with Gasteiger partial charge in [0, 0.05) is 17.3 Å². The molecule has 0 spiro atoms. The summed E-state index contributed by atoms with van der Waals surface area (Å²) >= 11 is 0. The van der Waals surface area contributed by atoms with Gasteiger partial charge in [-0.05, 0) is 43.5 Å². The highest BCUT2D eigenvalue weighted by Gasteiger charge is 2.27. The normalized spacial score (nSPS) is 15.8. The smallest absolute Gasteiger partial charge is 0.255 e. The van der Waals surface area contributed by atoms with Crippen LogP contribution in [0.25, 0.3) is 5.69 Å². The molecule has 1 atom stereocenters. The first-order chi connectivity index (χ1) is 13.6. The summed E-state index contributed by atoms with van der Waals surface area (Å²) in [6, 6.07) is 10.2. The number of carbonyl (C=O) groups is 1. The third kappa shape index (κ3) is 3.24. The van der Waals surface area contributed by atoms with Crippen molar-refractivity contribution in [1.29, 1.82) is 0 Å². The van der Waals surface area contributed by atoms with Crippen LogP contribution >= 0.6 is 0 Å².